The Morgan fingerprint density at radius 3 is 1.87 bits per heavy atom. The summed E-state index contributed by atoms with van der Waals surface area (Å²) in [6.07, 6.45) is 2.15. The van der Waals surface area contributed by atoms with Crippen LogP contribution in [0.4, 0.5) is 0 Å². The fraction of sp³-hybridized carbons (Fsp3) is 0.360. The largest absolute Gasteiger partial charge is 0.478 e. The van der Waals surface area contributed by atoms with E-state index in [0.717, 1.165) is 13.0 Å². The average Bonchev–Trinajstić information content (AvgIpc) is 2.75. The van der Waals surface area contributed by atoms with Crippen molar-refractivity contribution in [2.45, 2.75) is 32.9 Å². The average molecular weight is 425 g/mol. The van der Waals surface area contributed by atoms with Gasteiger partial charge in [0.15, 0.2) is 0 Å². The molecule has 2 aromatic carbocycles. The Morgan fingerprint density at radius 1 is 0.839 bits per heavy atom. The van der Waals surface area contributed by atoms with E-state index < -0.39 is 11.9 Å². The van der Waals surface area contributed by atoms with Gasteiger partial charge >= 0.3 is 11.9 Å². The molecule has 2 aromatic rings. The van der Waals surface area contributed by atoms with Crippen LogP contribution in [0.25, 0.3) is 0 Å². The molecule has 31 heavy (non-hydrogen) atoms. The molecular formula is C25H32N2O4. The third-order valence-electron chi connectivity index (χ3n) is 5.26. The predicted octanol–water partition coefficient (Wildman–Crippen LogP) is 3.52. The number of carboxylic acids is 2. The highest BCUT2D eigenvalue weighted by Crippen LogP contribution is 2.17. The molecular weight excluding hydrogens is 392 g/mol. The third kappa shape index (κ3) is 9.15. The summed E-state index contributed by atoms with van der Waals surface area (Å²) < 4.78 is 0. The van der Waals surface area contributed by atoms with E-state index in [9.17, 15) is 9.59 Å². The SMILES string of the molecule is CC(C)N1CCN(Cc2ccccc2Cc2ccccc2)CC1.O=C(O)C=CC(=O)O. The molecule has 0 atom stereocenters. The molecule has 166 valence electrons. The summed E-state index contributed by atoms with van der Waals surface area (Å²) in [5.41, 5.74) is 4.34. The summed E-state index contributed by atoms with van der Waals surface area (Å²) >= 11 is 0. The van der Waals surface area contributed by atoms with Crippen LogP contribution in [0.3, 0.4) is 0 Å². The first-order valence-corrected chi connectivity index (χ1v) is 10.6. The normalized spacial score (nSPS) is 14.9. The summed E-state index contributed by atoms with van der Waals surface area (Å²) in [7, 11) is 0. The van der Waals surface area contributed by atoms with Gasteiger partial charge in [0.1, 0.15) is 0 Å². The molecule has 0 spiro atoms. The van der Waals surface area contributed by atoms with Crippen molar-refractivity contribution in [2.24, 2.45) is 0 Å². The minimum Gasteiger partial charge on any atom is -0.478 e. The molecule has 0 aliphatic carbocycles. The lowest BCUT2D eigenvalue weighted by atomic mass is 9.99. The highest BCUT2D eigenvalue weighted by atomic mass is 16.4. The Hall–Kier alpha value is -2.96. The van der Waals surface area contributed by atoms with Gasteiger partial charge < -0.3 is 10.2 Å². The number of hydrogen-bond donors (Lipinski definition) is 2. The maximum atomic E-state index is 9.55. The smallest absolute Gasteiger partial charge is 0.328 e. The van der Waals surface area contributed by atoms with Gasteiger partial charge in [-0.2, -0.15) is 0 Å². The molecule has 2 N–H and O–H groups in total. The number of piperazine rings is 1. The first-order chi connectivity index (χ1) is 14.8. The van der Waals surface area contributed by atoms with Crippen molar-refractivity contribution in [1.82, 2.24) is 9.80 Å². The lowest BCUT2D eigenvalue weighted by Gasteiger charge is -2.37. The van der Waals surface area contributed by atoms with Crippen LogP contribution in [0.5, 0.6) is 0 Å². The predicted molar refractivity (Wildman–Crippen MR) is 122 cm³/mol. The zero-order chi connectivity index (χ0) is 22.6. The van der Waals surface area contributed by atoms with E-state index in [-0.39, 0.29) is 0 Å². The number of rotatable bonds is 7. The van der Waals surface area contributed by atoms with E-state index in [1.54, 1.807) is 0 Å². The van der Waals surface area contributed by atoms with Crippen molar-refractivity contribution >= 4 is 11.9 Å². The Bertz CT molecular complexity index is 841. The van der Waals surface area contributed by atoms with Gasteiger partial charge in [-0.15, -0.1) is 0 Å². The molecule has 6 heteroatoms. The van der Waals surface area contributed by atoms with E-state index >= 15 is 0 Å². The fourth-order valence-electron chi connectivity index (χ4n) is 3.52. The molecule has 6 nitrogen and oxygen atoms in total. The van der Waals surface area contributed by atoms with E-state index in [1.807, 2.05) is 0 Å². The highest BCUT2D eigenvalue weighted by molar-refractivity contribution is 5.89. The lowest BCUT2D eigenvalue weighted by Crippen LogP contribution is -2.48. The second-order valence-corrected chi connectivity index (χ2v) is 7.85. The summed E-state index contributed by atoms with van der Waals surface area (Å²) in [6.45, 7) is 10.4. The van der Waals surface area contributed by atoms with Crippen molar-refractivity contribution in [3.63, 3.8) is 0 Å². The van der Waals surface area contributed by atoms with Crippen molar-refractivity contribution in [3.8, 4) is 0 Å². The zero-order valence-corrected chi connectivity index (χ0v) is 18.3. The molecule has 0 radical (unpaired) electrons. The lowest BCUT2D eigenvalue weighted by molar-refractivity contribution is -0.134. The van der Waals surface area contributed by atoms with Gasteiger partial charge in [-0.3, -0.25) is 9.80 Å². The molecule has 1 heterocycles. The maximum Gasteiger partial charge on any atom is 0.328 e. The van der Waals surface area contributed by atoms with Gasteiger partial charge in [-0.1, -0.05) is 54.6 Å². The van der Waals surface area contributed by atoms with Gasteiger partial charge in [0.25, 0.3) is 0 Å². The van der Waals surface area contributed by atoms with Crippen molar-refractivity contribution in [2.75, 3.05) is 26.2 Å². The summed E-state index contributed by atoms with van der Waals surface area (Å²) in [5, 5.41) is 15.6. The number of aliphatic carboxylic acids is 2. The number of nitrogens with zero attached hydrogens (tertiary/aromatic N) is 2. The third-order valence-corrected chi connectivity index (χ3v) is 5.26. The van der Waals surface area contributed by atoms with Gasteiger partial charge in [-0.25, -0.2) is 9.59 Å². The van der Waals surface area contributed by atoms with E-state index in [2.05, 4.69) is 78.2 Å². The molecule has 0 aromatic heterocycles. The van der Waals surface area contributed by atoms with Crippen molar-refractivity contribution in [1.29, 1.82) is 0 Å². The first-order valence-electron chi connectivity index (χ1n) is 10.6. The van der Waals surface area contributed by atoms with Crippen LogP contribution in [-0.4, -0.2) is 64.2 Å². The number of hydrogen-bond acceptors (Lipinski definition) is 4. The summed E-state index contributed by atoms with van der Waals surface area (Å²) in [6, 6.07) is 20.4. The molecule has 0 bridgehead atoms. The topological polar surface area (TPSA) is 81.1 Å². The minimum atomic E-state index is -1.26. The van der Waals surface area contributed by atoms with Gasteiger partial charge in [0.2, 0.25) is 0 Å². The Labute approximate surface area is 184 Å². The van der Waals surface area contributed by atoms with Crippen LogP contribution >= 0.6 is 0 Å². The quantitative estimate of drug-likeness (QED) is 0.662. The van der Waals surface area contributed by atoms with Crippen LogP contribution in [0.15, 0.2) is 66.7 Å². The minimum absolute atomic E-state index is 0.558. The Balaban J connectivity index is 0.000000366. The van der Waals surface area contributed by atoms with E-state index in [1.165, 1.54) is 42.9 Å². The number of carboxylic acid groups (broad SMARTS) is 2. The van der Waals surface area contributed by atoms with Crippen LogP contribution in [0, 0.1) is 0 Å². The second kappa shape index (κ2) is 12.7. The molecule has 0 unspecified atom stereocenters. The van der Waals surface area contributed by atoms with Gasteiger partial charge in [-0.05, 0) is 37.0 Å². The second-order valence-electron chi connectivity index (χ2n) is 7.85. The molecule has 1 saturated heterocycles. The highest BCUT2D eigenvalue weighted by Gasteiger charge is 2.19. The zero-order valence-electron chi connectivity index (χ0n) is 18.3. The molecule has 0 saturated carbocycles. The molecule has 1 aliphatic heterocycles. The first kappa shape index (κ1) is 24.3. The Kier molecular flexibility index (Phi) is 9.94. The van der Waals surface area contributed by atoms with E-state index in [0.29, 0.717) is 18.2 Å². The number of benzene rings is 2. The standard InChI is InChI=1S/C21H28N2.C4H4O4/c1-18(2)23-14-12-22(13-15-23)17-21-11-7-6-10-20(21)16-19-8-4-3-5-9-19;5-3(6)1-2-4(7)8/h3-11,18H,12-17H2,1-2H3;1-2H,(H,5,6)(H,7,8). The monoisotopic (exact) mass is 424 g/mol. The van der Waals surface area contributed by atoms with Crippen LogP contribution in [0.1, 0.15) is 30.5 Å². The van der Waals surface area contributed by atoms with Crippen LogP contribution < -0.4 is 0 Å². The fourth-order valence-corrected chi connectivity index (χ4v) is 3.52. The maximum absolute atomic E-state index is 9.55. The molecule has 1 aliphatic rings. The summed E-state index contributed by atoms with van der Waals surface area (Å²) in [5.74, 6) is -2.51. The van der Waals surface area contributed by atoms with Crippen LogP contribution in [0.2, 0.25) is 0 Å². The number of carbonyl (C=O) groups is 2. The molecule has 0 amide bonds. The molecule has 1 fully saturated rings. The van der Waals surface area contributed by atoms with E-state index in [4.69, 9.17) is 10.2 Å². The summed E-state index contributed by atoms with van der Waals surface area (Å²) in [4.78, 5) is 24.3. The van der Waals surface area contributed by atoms with Crippen molar-refractivity contribution in [3.05, 3.63) is 83.4 Å². The van der Waals surface area contributed by atoms with Gasteiger partial charge in [0, 0.05) is 50.9 Å². The Morgan fingerprint density at radius 2 is 1.35 bits per heavy atom. The van der Waals surface area contributed by atoms with Crippen molar-refractivity contribution < 1.29 is 19.8 Å². The van der Waals surface area contributed by atoms with Crippen LogP contribution in [-0.2, 0) is 22.6 Å². The van der Waals surface area contributed by atoms with Gasteiger partial charge in [0.05, 0.1) is 0 Å². The molecule has 3 rings (SSSR count).